The van der Waals surface area contributed by atoms with Crippen molar-refractivity contribution in [3.8, 4) is 10.8 Å². The van der Waals surface area contributed by atoms with E-state index in [1.165, 1.54) is 11.3 Å². The topological polar surface area (TPSA) is 72.4 Å². The van der Waals surface area contributed by atoms with Gasteiger partial charge in [-0.25, -0.2) is 4.98 Å². The molecule has 2 N–H and O–H groups in total. The Morgan fingerprint density at radius 3 is 2.86 bits per heavy atom. The third kappa shape index (κ3) is 3.39. The highest BCUT2D eigenvalue weighted by Crippen LogP contribution is 2.26. The molecule has 6 heteroatoms. The van der Waals surface area contributed by atoms with Crippen LogP contribution in [0.15, 0.2) is 21.9 Å². The zero-order valence-electron chi connectivity index (χ0n) is 12.7. The standard InChI is InChI=1S/C16H21N3O2S/c1-11-2-3-14(21-11)16-18-13(10-22-16)8-15(20)19-6-4-12(9-17)5-7-19/h2-3,10,12H,4-9,17H2,1H3. The summed E-state index contributed by atoms with van der Waals surface area (Å²) >= 11 is 1.52. The Kier molecular flexibility index (Phi) is 4.59. The first-order chi connectivity index (χ1) is 10.7. The minimum Gasteiger partial charge on any atom is -0.459 e. The monoisotopic (exact) mass is 319 g/mol. The van der Waals surface area contributed by atoms with E-state index in [0.717, 1.165) is 54.7 Å². The first-order valence-electron chi connectivity index (χ1n) is 7.64. The molecule has 0 bridgehead atoms. The predicted octanol–water partition coefficient (Wildman–Crippen LogP) is 2.45. The van der Waals surface area contributed by atoms with Crippen LogP contribution in [0.3, 0.4) is 0 Å². The number of nitrogens with two attached hydrogens (primary N) is 1. The molecule has 5 nitrogen and oxygen atoms in total. The first-order valence-corrected chi connectivity index (χ1v) is 8.52. The van der Waals surface area contributed by atoms with Gasteiger partial charge in [-0.05, 0) is 44.4 Å². The molecule has 0 aliphatic carbocycles. The zero-order chi connectivity index (χ0) is 15.5. The van der Waals surface area contributed by atoms with E-state index in [4.69, 9.17) is 10.2 Å². The van der Waals surface area contributed by atoms with Crippen LogP contribution in [-0.2, 0) is 11.2 Å². The fourth-order valence-electron chi connectivity index (χ4n) is 2.74. The van der Waals surface area contributed by atoms with Gasteiger partial charge < -0.3 is 15.1 Å². The van der Waals surface area contributed by atoms with Crippen molar-refractivity contribution in [1.29, 1.82) is 0 Å². The molecule has 3 heterocycles. The number of rotatable bonds is 4. The van der Waals surface area contributed by atoms with E-state index in [0.29, 0.717) is 12.3 Å². The van der Waals surface area contributed by atoms with Gasteiger partial charge in [-0.15, -0.1) is 11.3 Å². The number of carbonyl (C=O) groups excluding carboxylic acids is 1. The maximum Gasteiger partial charge on any atom is 0.228 e. The molecular weight excluding hydrogens is 298 g/mol. The van der Waals surface area contributed by atoms with Crippen LogP contribution >= 0.6 is 11.3 Å². The fourth-order valence-corrected chi connectivity index (χ4v) is 3.52. The highest BCUT2D eigenvalue weighted by molar-refractivity contribution is 7.13. The number of hydrogen-bond donors (Lipinski definition) is 1. The van der Waals surface area contributed by atoms with Crippen LogP contribution in [0.1, 0.15) is 24.3 Å². The highest BCUT2D eigenvalue weighted by atomic mass is 32.1. The molecule has 1 amide bonds. The van der Waals surface area contributed by atoms with Gasteiger partial charge in [-0.3, -0.25) is 4.79 Å². The Morgan fingerprint density at radius 1 is 1.45 bits per heavy atom. The van der Waals surface area contributed by atoms with Crippen molar-refractivity contribution in [3.63, 3.8) is 0 Å². The van der Waals surface area contributed by atoms with E-state index >= 15 is 0 Å². The molecule has 1 aliphatic rings. The lowest BCUT2D eigenvalue weighted by Gasteiger charge is -2.31. The van der Waals surface area contributed by atoms with Gasteiger partial charge in [-0.1, -0.05) is 0 Å². The second-order valence-corrected chi connectivity index (χ2v) is 6.65. The Balaban J connectivity index is 1.59. The minimum absolute atomic E-state index is 0.156. The number of likely N-dealkylation sites (tertiary alicyclic amines) is 1. The smallest absolute Gasteiger partial charge is 0.228 e. The van der Waals surface area contributed by atoms with Crippen LogP contribution in [0.5, 0.6) is 0 Å². The number of furan rings is 1. The molecule has 2 aromatic heterocycles. The summed E-state index contributed by atoms with van der Waals surface area (Å²) in [4.78, 5) is 18.8. The number of amides is 1. The lowest BCUT2D eigenvalue weighted by molar-refractivity contribution is -0.131. The molecule has 1 fully saturated rings. The average Bonchev–Trinajstić information content (AvgIpc) is 3.16. The van der Waals surface area contributed by atoms with Crippen LogP contribution in [-0.4, -0.2) is 35.4 Å². The largest absolute Gasteiger partial charge is 0.459 e. The highest BCUT2D eigenvalue weighted by Gasteiger charge is 2.22. The molecule has 1 saturated heterocycles. The van der Waals surface area contributed by atoms with Gasteiger partial charge in [0.15, 0.2) is 10.8 Å². The maximum atomic E-state index is 12.3. The Labute approximate surface area is 134 Å². The molecule has 118 valence electrons. The molecule has 2 aromatic rings. The third-order valence-electron chi connectivity index (χ3n) is 4.14. The van der Waals surface area contributed by atoms with Crippen LogP contribution in [0.4, 0.5) is 0 Å². The minimum atomic E-state index is 0.156. The van der Waals surface area contributed by atoms with Crippen molar-refractivity contribution in [2.24, 2.45) is 11.7 Å². The van der Waals surface area contributed by atoms with Gasteiger partial charge in [0, 0.05) is 18.5 Å². The number of nitrogens with zero attached hydrogens (tertiary/aromatic N) is 2. The normalized spacial score (nSPS) is 16.2. The molecule has 22 heavy (non-hydrogen) atoms. The number of carbonyl (C=O) groups is 1. The van der Waals surface area contributed by atoms with E-state index in [9.17, 15) is 4.79 Å². The maximum absolute atomic E-state index is 12.3. The molecule has 0 saturated carbocycles. The molecule has 1 aliphatic heterocycles. The van der Waals surface area contributed by atoms with E-state index < -0.39 is 0 Å². The number of piperidine rings is 1. The molecule has 0 atom stereocenters. The average molecular weight is 319 g/mol. The number of aryl methyl sites for hydroxylation is 1. The third-order valence-corrected chi connectivity index (χ3v) is 5.04. The van der Waals surface area contributed by atoms with Crippen LogP contribution in [0.25, 0.3) is 10.8 Å². The zero-order valence-corrected chi connectivity index (χ0v) is 13.6. The Hall–Kier alpha value is -1.66. The Morgan fingerprint density at radius 2 is 2.23 bits per heavy atom. The molecule has 0 radical (unpaired) electrons. The predicted molar refractivity (Wildman–Crippen MR) is 86.6 cm³/mol. The fraction of sp³-hybridized carbons (Fsp3) is 0.500. The number of aromatic nitrogens is 1. The van der Waals surface area contributed by atoms with Crippen molar-refractivity contribution in [2.45, 2.75) is 26.2 Å². The second kappa shape index (κ2) is 6.62. The molecule has 3 rings (SSSR count). The number of thiazole rings is 1. The summed E-state index contributed by atoms with van der Waals surface area (Å²) in [5.41, 5.74) is 6.51. The summed E-state index contributed by atoms with van der Waals surface area (Å²) in [6.07, 6.45) is 2.38. The summed E-state index contributed by atoms with van der Waals surface area (Å²) < 4.78 is 5.57. The summed E-state index contributed by atoms with van der Waals surface area (Å²) in [6.45, 7) is 4.26. The summed E-state index contributed by atoms with van der Waals surface area (Å²) in [5.74, 6) is 2.36. The van der Waals surface area contributed by atoms with Gasteiger partial charge in [-0.2, -0.15) is 0 Å². The van der Waals surface area contributed by atoms with Crippen molar-refractivity contribution >= 4 is 17.2 Å². The molecular formula is C16H21N3O2S. The van der Waals surface area contributed by atoms with Crippen molar-refractivity contribution in [3.05, 3.63) is 29.0 Å². The molecule has 0 spiro atoms. The Bertz CT molecular complexity index is 641. The van der Waals surface area contributed by atoms with Gasteiger partial charge in [0.2, 0.25) is 5.91 Å². The quantitative estimate of drug-likeness (QED) is 0.939. The van der Waals surface area contributed by atoms with E-state index in [-0.39, 0.29) is 5.91 Å². The van der Waals surface area contributed by atoms with E-state index in [1.54, 1.807) is 0 Å². The molecule has 0 aromatic carbocycles. The lowest BCUT2D eigenvalue weighted by atomic mass is 9.97. The van der Waals surface area contributed by atoms with Gasteiger partial charge in [0.1, 0.15) is 5.76 Å². The van der Waals surface area contributed by atoms with E-state index in [1.807, 2.05) is 29.3 Å². The number of hydrogen-bond acceptors (Lipinski definition) is 5. The van der Waals surface area contributed by atoms with Crippen LogP contribution in [0, 0.1) is 12.8 Å². The van der Waals surface area contributed by atoms with Crippen LogP contribution < -0.4 is 5.73 Å². The lowest BCUT2D eigenvalue weighted by Crippen LogP contribution is -2.40. The van der Waals surface area contributed by atoms with Crippen molar-refractivity contribution in [1.82, 2.24) is 9.88 Å². The van der Waals surface area contributed by atoms with Crippen molar-refractivity contribution < 1.29 is 9.21 Å². The van der Waals surface area contributed by atoms with Crippen molar-refractivity contribution in [2.75, 3.05) is 19.6 Å². The van der Waals surface area contributed by atoms with Gasteiger partial charge in [0.25, 0.3) is 0 Å². The second-order valence-electron chi connectivity index (χ2n) is 5.79. The SMILES string of the molecule is Cc1ccc(-c2nc(CC(=O)N3CCC(CN)CC3)cs2)o1. The molecule has 0 unspecified atom stereocenters. The summed E-state index contributed by atoms with van der Waals surface area (Å²) in [7, 11) is 0. The van der Waals surface area contributed by atoms with Gasteiger partial charge >= 0.3 is 0 Å². The van der Waals surface area contributed by atoms with E-state index in [2.05, 4.69) is 4.98 Å². The first kappa shape index (κ1) is 15.2. The summed E-state index contributed by atoms with van der Waals surface area (Å²) in [5, 5.41) is 2.77. The summed E-state index contributed by atoms with van der Waals surface area (Å²) in [6, 6.07) is 3.83. The van der Waals surface area contributed by atoms with Crippen LogP contribution in [0.2, 0.25) is 0 Å². The van der Waals surface area contributed by atoms with Gasteiger partial charge in [0.05, 0.1) is 12.1 Å².